The lowest BCUT2D eigenvalue weighted by Gasteiger charge is -2.30. The van der Waals surface area contributed by atoms with E-state index in [0.29, 0.717) is 23.2 Å². The highest BCUT2D eigenvalue weighted by Crippen LogP contribution is 2.33. The maximum absolute atomic E-state index is 12.5. The highest BCUT2D eigenvalue weighted by molar-refractivity contribution is 9.11. The number of thiophene rings is 1. The Kier molecular flexibility index (Phi) is 5.05. The normalized spacial score (nSPS) is 18.9. The quantitative estimate of drug-likeness (QED) is 0.889. The van der Waals surface area contributed by atoms with Crippen molar-refractivity contribution in [3.05, 3.63) is 15.4 Å². The second-order valence-corrected chi connectivity index (χ2v) is 9.46. The standard InChI is InChI=1S/C12H19BrN2O2S2/c1-9-7-11(18-12(9)13)19(16,17)15-5-3-10(4-6-15)8-14-2/h7,10,14H,3-6,8H2,1-2H3. The van der Waals surface area contributed by atoms with Gasteiger partial charge in [-0.3, -0.25) is 0 Å². The van der Waals surface area contributed by atoms with E-state index in [4.69, 9.17) is 0 Å². The van der Waals surface area contributed by atoms with E-state index in [1.165, 1.54) is 11.3 Å². The van der Waals surface area contributed by atoms with Crippen LogP contribution in [0.5, 0.6) is 0 Å². The van der Waals surface area contributed by atoms with Crippen LogP contribution in [0.1, 0.15) is 18.4 Å². The van der Waals surface area contributed by atoms with E-state index in [9.17, 15) is 8.42 Å². The molecule has 0 aliphatic carbocycles. The van der Waals surface area contributed by atoms with Gasteiger partial charge in [0.1, 0.15) is 4.21 Å². The van der Waals surface area contributed by atoms with Crippen LogP contribution < -0.4 is 5.32 Å². The molecule has 0 bridgehead atoms. The molecule has 1 N–H and O–H groups in total. The Morgan fingerprint density at radius 3 is 2.58 bits per heavy atom. The van der Waals surface area contributed by atoms with Gasteiger partial charge in [-0.15, -0.1) is 11.3 Å². The van der Waals surface area contributed by atoms with Crippen molar-refractivity contribution in [2.24, 2.45) is 5.92 Å². The molecular formula is C12H19BrN2O2S2. The van der Waals surface area contributed by atoms with Gasteiger partial charge in [-0.05, 0) is 66.8 Å². The summed E-state index contributed by atoms with van der Waals surface area (Å²) in [6, 6.07) is 1.75. The molecule has 1 aromatic heterocycles. The molecule has 0 atom stereocenters. The Morgan fingerprint density at radius 2 is 2.11 bits per heavy atom. The van der Waals surface area contributed by atoms with E-state index in [2.05, 4.69) is 21.2 Å². The van der Waals surface area contributed by atoms with Crippen molar-refractivity contribution in [2.45, 2.75) is 24.0 Å². The first-order chi connectivity index (χ1) is 8.95. The lowest BCUT2D eigenvalue weighted by molar-refractivity contribution is 0.271. The Labute approximate surface area is 127 Å². The molecule has 0 saturated carbocycles. The van der Waals surface area contributed by atoms with Gasteiger partial charge in [0, 0.05) is 13.1 Å². The van der Waals surface area contributed by atoms with Gasteiger partial charge in [0.05, 0.1) is 3.79 Å². The smallest absolute Gasteiger partial charge is 0.252 e. The third-order valence-corrected chi connectivity index (χ3v) is 7.98. The van der Waals surface area contributed by atoms with Gasteiger partial charge in [-0.2, -0.15) is 4.31 Å². The van der Waals surface area contributed by atoms with Crippen LogP contribution in [0.25, 0.3) is 0 Å². The molecule has 19 heavy (non-hydrogen) atoms. The van der Waals surface area contributed by atoms with Crippen LogP contribution >= 0.6 is 27.3 Å². The summed E-state index contributed by atoms with van der Waals surface area (Å²) in [5.74, 6) is 0.591. The van der Waals surface area contributed by atoms with Gasteiger partial charge in [-0.25, -0.2) is 8.42 Å². The Hall–Kier alpha value is 0.0500. The monoisotopic (exact) mass is 366 g/mol. The number of nitrogens with one attached hydrogen (secondary N) is 1. The van der Waals surface area contributed by atoms with Crippen molar-refractivity contribution in [3.8, 4) is 0 Å². The maximum Gasteiger partial charge on any atom is 0.252 e. The van der Waals surface area contributed by atoms with Crippen LogP contribution in [0, 0.1) is 12.8 Å². The van der Waals surface area contributed by atoms with E-state index in [-0.39, 0.29) is 0 Å². The lowest BCUT2D eigenvalue weighted by Crippen LogP contribution is -2.40. The van der Waals surface area contributed by atoms with Gasteiger partial charge >= 0.3 is 0 Å². The van der Waals surface area contributed by atoms with Crippen LogP contribution in [-0.4, -0.2) is 39.4 Å². The van der Waals surface area contributed by atoms with E-state index in [1.807, 2.05) is 14.0 Å². The fourth-order valence-electron chi connectivity index (χ4n) is 2.33. The molecule has 4 nitrogen and oxygen atoms in total. The average Bonchev–Trinajstić information content (AvgIpc) is 2.71. The van der Waals surface area contributed by atoms with Crippen molar-refractivity contribution in [3.63, 3.8) is 0 Å². The highest BCUT2D eigenvalue weighted by atomic mass is 79.9. The summed E-state index contributed by atoms with van der Waals surface area (Å²) in [5, 5.41) is 3.16. The Balaban J connectivity index is 2.09. The lowest BCUT2D eigenvalue weighted by atomic mass is 9.98. The molecule has 1 aliphatic heterocycles. The van der Waals surface area contributed by atoms with Crippen molar-refractivity contribution in [2.75, 3.05) is 26.7 Å². The third kappa shape index (κ3) is 3.39. The fraction of sp³-hybridized carbons (Fsp3) is 0.667. The predicted molar refractivity (Wildman–Crippen MR) is 82.2 cm³/mol. The highest BCUT2D eigenvalue weighted by Gasteiger charge is 2.30. The van der Waals surface area contributed by atoms with Crippen molar-refractivity contribution >= 4 is 37.3 Å². The molecule has 1 aromatic rings. The van der Waals surface area contributed by atoms with Crippen LogP contribution in [-0.2, 0) is 10.0 Å². The number of aryl methyl sites for hydroxylation is 1. The van der Waals surface area contributed by atoms with Gasteiger partial charge in [0.2, 0.25) is 0 Å². The molecule has 108 valence electrons. The molecule has 0 aromatic carbocycles. The van der Waals surface area contributed by atoms with E-state index < -0.39 is 10.0 Å². The van der Waals surface area contributed by atoms with Crippen molar-refractivity contribution < 1.29 is 8.42 Å². The Morgan fingerprint density at radius 1 is 1.47 bits per heavy atom. The predicted octanol–water partition coefficient (Wildman–Crippen LogP) is 2.44. The minimum atomic E-state index is -3.30. The van der Waals surface area contributed by atoms with Crippen LogP contribution in [0.3, 0.4) is 0 Å². The fourth-order valence-corrected chi connectivity index (χ4v) is 6.18. The summed E-state index contributed by atoms with van der Waals surface area (Å²) in [5.41, 5.74) is 0.980. The van der Waals surface area contributed by atoms with E-state index >= 15 is 0 Å². The molecule has 2 heterocycles. The summed E-state index contributed by atoms with van der Waals surface area (Å²) >= 11 is 4.69. The molecular weight excluding hydrogens is 348 g/mol. The van der Waals surface area contributed by atoms with Crippen LogP contribution in [0.4, 0.5) is 0 Å². The zero-order chi connectivity index (χ0) is 14.0. The first-order valence-electron chi connectivity index (χ1n) is 6.36. The molecule has 2 rings (SSSR count). The molecule has 7 heteroatoms. The topological polar surface area (TPSA) is 49.4 Å². The zero-order valence-corrected chi connectivity index (χ0v) is 14.4. The van der Waals surface area contributed by atoms with Crippen molar-refractivity contribution in [1.82, 2.24) is 9.62 Å². The molecule has 1 saturated heterocycles. The summed E-state index contributed by atoms with van der Waals surface area (Å²) in [4.78, 5) is 0. The summed E-state index contributed by atoms with van der Waals surface area (Å²) < 4.78 is 28.0. The molecule has 1 aliphatic rings. The average molecular weight is 367 g/mol. The van der Waals surface area contributed by atoms with Gasteiger partial charge in [0.25, 0.3) is 10.0 Å². The second kappa shape index (κ2) is 6.22. The molecule has 0 unspecified atom stereocenters. The summed E-state index contributed by atoms with van der Waals surface area (Å²) in [6.07, 6.45) is 1.87. The number of piperidine rings is 1. The number of hydrogen-bond acceptors (Lipinski definition) is 4. The maximum atomic E-state index is 12.5. The minimum Gasteiger partial charge on any atom is -0.319 e. The Bertz CT molecular complexity index is 514. The molecule has 0 radical (unpaired) electrons. The van der Waals surface area contributed by atoms with Gasteiger partial charge in [-0.1, -0.05) is 0 Å². The molecule has 0 spiro atoms. The number of halogens is 1. The summed E-state index contributed by atoms with van der Waals surface area (Å²) in [6.45, 7) is 4.14. The second-order valence-electron chi connectivity index (χ2n) is 4.93. The van der Waals surface area contributed by atoms with Gasteiger partial charge in [0.15, 0.2) is 0 Å². The first kappa shape index (κ1) is 15.4. The number of nitrogens with zero attached hydrogens (tertiary/aromatic N) is 1. The first-order valence-corrected chi connectivity index (χ1v) is 9.40. The summed E-state index contributed by atoms with van der Waals surface area (Å²) in [7, 11) is -1.36. The molecule has 0 amide bonds. The van der Waals surface area contributed by atoms with Gasteiger partial charge < -0.3 is 5.32 Å². The number of rotatable bonds is 4. The van der Waals surface area contributed by atoms with Crippen molar-refractivity contribution in [1.29, 1.82) is 0 Å². The third-order valence-electron chi connectivity index (χ3n) is 3.50. The van der Waals surface area contributed by atoms with Crippen LogP contribution in [0.15, 0.2) is 14.1 Å². The largest absolute Gasteiger partial charge is 0.319 e. The van der Waals surface area contributed by atoms with E-state index in [0.717, 1.165) is 28.7 Å². The SMILES string of the molecule is CNCC1CCN(S(=O)(=O)c2cc(C)c(Br)s2)CC1. The molecule has 1 fully saturated rings. The van der Waals surface area contributed by atoms with Crippen LogP contribution in [0.2, 0.25) is 0 Å². The number of sulfonamides is 1. The number of hydrogen-bond donors (Lipinski definition) is 1. The van der Waals surface area contributed by atoms with E-state index in [1.54, 1.807) is 10.4 Å². The zero-order valence-electron chi connectivity index (χ0n) is 11.1. The minimum absolute atomic E-state index is 0.448.